The van der Waals surface area contributed by atoms with Gasteiger partial charge in [0.2, 0.25) is 11.8 Å². The Morgan fingerprint density at radius 3 is 2.82 bits per heavy atom. The number of hydrogen-bond donors (Lipinski definition) is 0. The quantitative estimate of drug-likeness (QED) is 0.794. The molecule has 1 unspecified atom stereocenters. The molecule has 5 rings (SSSR count). The number of benzene rings is 1. The molecule has 0 bridgehead atoms. The second kappa shape index (κ2) is 6.99. The maximum Gasteiger partial charge on any atom is 0.232 e. The molecule has 146 valence electrons. The third-order valence-electron chi connectivity index (χ3n) is 6.43. The Morgan fingerprint density at radius 2 is 2.07 bits per heavy atom. The van der Waals surface area contributed by atoms with Crippen molar-refractivity contribution in [2.45, 2.75) is 51.5 Å². The van der Waals surface area contributed by atoms with Gasteiger partial charge in [-0.25, -0.2) is 4.98 Å². The number of aryl methyl sites for hydroxylation is 1. The Balaban J connectivity index is 1.33. The van der Waals surface area contributed by atoms with Gasteiger partial charge in [0.1, 0.15) is 0 Å². The molecule has 1 aromatic heterocycles. The summed E-state index contributed by atoms with van der Waals surface area (Å²) in [6.07, 6.45) is 5.83. The van der Waals surface area contributed by atoms with E-state index in [0.717, 1.165) is 41.2 Å². The first kappa shape index (κ1) is 17.9. The fraction of sp³-hybridized carbons (Fsp3) is 0.500. The highest BCUT2D eigenvalue weighted by Crippen LogP contribution is 2.36. The van der Waals surface area contributed by atoms with Crippen LogP contribution in [0.3, 0.4) is 0 Å². The Labute approximate surface area is 169 Å². The van der Waals surface area contributed by atoms with Gasteiger partial charge in [-0.05, 0) is 43.9 Å². The Hall–Kier alpha value is -2.21. The van der Waals surface area contributed by atoms with Crippen LogP contribution in [0.25, 0.3) is 11.3 Å². The first-order valence-corrected chi connectivity index (χ1v) is 11.1. The normalized spacial score (nSPS) is 22.3. The first-order chi connectivity index (χ1) is 13.6. The molecule has 1 saturated heterocycles. The van der Waals surface area contributed by atoms with Gasteiger partial charge < -0.3 is 9.80 Å². The van der Waals surface area contributed by atoms with Crippen molar-refractivity contribution in [3.05, 3.63) is 34.2 Å². The van der Waals surface area contributed by atoms with Crippen molar-refractivity contribution < 1.29 is 9.59 Å². The number of aromatic nitrogens is 1. The molecule has 3 aliphatic rings. The van der Waals surface area contributed by atoms with Crippen LogP contribution in [0.15, 0.2) is 23.6 Å². The zero-order chi connectivity index (χ0) is 19.3. The van der Waals surface area contributed by atoms with Gasteiger partial charge >= 0.3 is 0 Å². The van der Waals surface area contributed by atoms with E-state index in [9.17, 15) is 9.59 Å². The number of anilines is 1. The van der Waals surface area contributed by atoms with Crippen molar-refractivity contribution in [1.29, 1.82) is 0 Å². The molecule has 28 heavy (non-hydrogen) atoms. The Morgan fingerprint density at radius 1 is 1.25 bits per heavy atom. The molecule has 1 aromatic carbocycles. The molecule has 0 radical (unpaired) electrons. The second-order valence-electron chi connectivity index (χ2n) is 8.22. The molecule has 3 heterocycles. The number of rotatable bonds is 3. The second-order valence-corrected chi connectivity index (χ2v) is 9.28. The van der Waals surface area contributed by atoms with Crippen molar-refractivity contribution in [3.63, 3.8) is 0 Å². The van der Waals surface area contributed by atoms with Crippen LogP contribution in [0.2, 0.25) is 0 Å². The lowest BCUT2D eigenvalue weighted by Gasteiger charge is -2.25. The maximum atomic E-state index is 13.2. The average molecular weight is 396 g/mol. The van der Waals surface area contributed by atoms with Gasteiger partial charge in [0.25, 0.3) is 0 Å². The summed E-state index contributed by atoms with van der Waals surface area (Å²) in [6.45, 7) is 3.33. The van der Waals surface area contributed by atoms with Crippen LogP contribution >= 0.6 is 11.3 Å². The topological polar surface area (TPSA) is 53.5 Å². The van der Waals surface area contributed by atoms with Gasteiger partial charge in [0.15, 0.2) is 0 Å². The maximum absolute atomic E-state index is 13.2. The molecule has 2 aliphatic heterocycles. The zero-order valence-electron chi connectivity index (χ0n) is 16.2. The van der Waals surface area contributed by atoms with E-state index >= 15 is 0 Å². The molecular formula is C22H25N3O2S. The van der Waals surface area contributed by atoms with Crippen molar-refractivity contribution in [1.82, 2.24) is 9.88 Å². The highest BCUT2D eigenvalue weighted by Gasteiger charge is 2.41. The molecule has 1 atom stereocenters. The molecule has 0 spiro atoms. The Kier molecular flexibility index (Phi) is 4.46. The molecular weight excluding hydrogens is 370 g/mol. The summed E-state index contributed by atoms with van der Waals surface area (Å²) in [7, 11) is 0. The largest absolute Gasteiger partial charge is 0.339 e. The van der Waals surface area contributed by atoms with Crippen LogP contribution in [-0.4, -0.2) is 40.8 Å². The smallest absolute Gasteiger partial charge is 0.232 e. The number of carbonyl (C=O) groups excluding carboxylic acids is 2. The highest BCUT2D eigenvalue weighted by atomic mass is 32.1. The van der Waals surface area contributed by atoms with E-state index in [-0.39, 0.29) is 17.7 Å². The minimum atomic E-state index is -0.195. The van der Waals surface area contributed by atoms with Crippen LogP contribution in [0.5, 0.6) is 0 Å². The van der Waals surface area contributed by atoms with Crippen LogP contribution < -0.4 is 4.90 Å². The predicted molar refractivity (Wildman–Crippen MR) is 110 cm³/mol. The summed E-state index contributed by atoms with van der Waals surface area (Å²) in [6, 6.07) is 6.64. The average Bonchev–Trinajstić information content (AvgIpc) is 3.47. The summed E-state index contributed by atoms with van der Waals surface area (Å²) in [5.41, 5.74) is 4.32. The number of hydrogen-bond acceptors (Lipinski definition) is 4. The summed E-state index contributed by atoms with van der Waals surface area (Å²) < 4.78 is 0. The summed E-state index contributed by atoms with van der Waals surface area (Å²) in [5, 5.41) is 3.14. The van der Waals surface area contributed by atoms with Crippen LogP contribution in [0.4, 0.5) is 5.69 Å². The predicted octanol–water partition coefficient (Wildman–Crippen LogP) is 3.80. The fourth-order valence-electron chi connectivity index (χ4n) is 4.97. The number of likely N-dealkylation sites (tertiary alicyclic amines) is 1. The van der Waals surface area contributed by atoms with Gasteiger partial charge in [-0.3, -0.25) is 9.59 Å². The van der Waals surface area contributed by atoms with Gasteiger partial charge in [-0.2, -0.15) is 0 Å². The summed E-state index contributed by atoms with van der Waals surface area (Å²) in [4.78, 5) is 34.2. The van der Waals surface area contributed by atoms with Gasteiger partial charge in [-0.1, -0.05) is 18.9 Å². The van der Waals surface area contributed by atoms with E-state index in [4.69, 9.17) is 0 Å². The van der Waals surface area contributed by atoms with Crippen molar-refractivity contribution >= 4 is 28.8 Å². The van der Waals surface area contributed by atoms with E-state index in [2.05, 4.69) is 28.6 Å². The summed E-state index contributed by atoms with van der Waals surface area (Å²) in [5.74, 6) is 0.0867. The van der Waals surface area contributed by atoms with Crippen molar-refractivity contribution in [2.75, 3.05) is 18.0 Å². The molecule has 2 fully saturated rings. The lowest BCUT2D eigenvalue weighted by atomic mass is 10.1. The van der Waals surface area contributed by atoms with E-state index < -0.39 is 0 Å². The number of fused-ring (bicyclic) bond motifs is 1. The lowest BCUT2D eigenvalue weighted by molar-refractivity contribution is -0.130. The minimum Gasteiger partial charge on any atom is -0.339 e. The van der Waals surface area contributed by atoms with Gasteiger partial charge in [-0.15, -0.1) is 11.3 Å². The molecule has 2 amide bonds. The van der Waals surface area contributed by atoms with Gasteiger partial charge in [0.05, 0.1) is 16.6 Å². The van der Waals surface area contributed by atoms with Crippen LogP contribution in [-0.2, 0) is 16.0 Å². The molecule has 2 aromatic rings. The lowest BCUT2D eigenvalue weighted by Crippen LogP contribution is -2.38. The number of thiazole rings is 1. The third-order valence-corrected chi connectivity index (χ3v) is 7.20. The first-order valence-electron chi connectivity index (χ1n) is 10.3. The molecule has 1 aliphatic carbocycles. The zero-order valence-corrected chi connectivity index (χ0v) is 17.0. The number of carbonyl (C=O) groups is 2. The number of nitrogens with zero attached hydrogens (tertiary/aromatic N) is 3. The standard InChI is InChI=1S/C22H25N3O2S/c1-14-23-19(13-28-14)15-6-7-20-16(10-15)8-9-24(20)22(27)17-11-21(26)25(12-17)18-4-2-3-5-18/h6-7,10,13,17-18H,2-5,8-9,11-12H2,1H3. The minimum absolute atomic E-state index is 0.116. The molecule has 5 nitrogen and oxygen atoms in total. The Bertz CT molecular complexity index is 932. The van der Waals surface area contributed by atoms with E-state index in [1.807, 2.05) is 16.7 Å². The van der Waals surface area contributed by atoms with Crippen molar-refractivity contribution in [2.24, 2.45) is 5.92 Å². The highest BCUT2D eigenvalue weighted by molar-refractivity contribution is 7.09. The summed E-state index contributed by atoms with van der Waals surface area (Å²) >= 11 is 1.65. The third kappa shape index (κ3) is 3.04. The van der Waals surface area contributed by atoms with Gasteiger partial charge in [0, 0.05) is 42.2 Å². The van der Waals surface area contributed by atoms with E-state index in [1.165, 1.54) is 18.4 Å². The molecule has 0 N–H and O–H groups in total. The van der Waals surface area contributed by atoms with E-state index in [1.54, 1.807) is 11.3 Å². The molecule has 6 heteroatoms. The van der Waals surface area contributed by atoms with Crippen molar-refractivity contribution in [3.8, 4) is 11.3 Å². The monoisotopic (exact) mass is 395 g/mol. The fourth-order valence-corrected chi connectivity index (χ4v) is 5.59. The molecule has 1 saturated carbocycles. The van der Waals surface area contributed by atoms with Crippen LogP contribution in [0, 0.1) is 12.8 Å². The van der Waals surface area contributed by atoms with E-state index in [0.29, 0.717) is 25.6 Å². The SMILES string of the molecule is Cc1nc(-c2ccc3c(c2)CCN3C(=O)C2CC(=O)N(C3CCCC3)C2)cs1. The van der Waals surface area contributed by atoms with Crippen LogP contribution in [0.1, 0.15) is 42.7 Å². The number of amides is 2.